The molecule has 0 aromatic heterocycles. The van der Waals surface area contributed by atoms with Gasteiger partial charge in [-0.05, 0) is 35.9 Å². The number of aromatic hydroxyl groups is 1. The van der Waals surface area contributed by atoms with Crippen LogP contribution < -0.4 is 10.1 Å². The molecule has 0 radical (unpaired) electrons. The van der Waals surface area contributed by atoms with Gasteiger partial charge in [-0.25, -0.2) is 0 Å². The molecule has 4 nitrogen and oxygen atoms in total. The van der Waals surface area contributed by atoms with Gasteiger partial charge in [0.25, 0.3) is 0 Å². The Morgan fingerprint density at radius 1 is 1.20 bits per heavy atom. The molecule has 102 valence electrons. The molecule has 0 spiro atoms. The summed E-state index contributed by atoms with van der Waals surface area (Å²) in [7, 11) is 1.48. The molecule has 0 aliphatic heterocycles. The van der Waals surface area contributed by atoms with E-state index in [-0.39, 0.29) is 11.7 Å². The molecular weight excluding hydrogens is 254 g/mol. The van der Waals surface area contributed by atoms with Crippen molar-refractivity contribution in [3.05, 3.63) is 60.2 Å². The van der Waals surface area contributed by atoms with Crippen molar-refractivity contribution in [3.8, 4) is 11.5 Å². The first-order valence-electron chi connectivity index (χ1n) is 6.10. The smallest absolute Gasteiger partial charge is 0.248 e. The normalized spacial score (nSPS) is 10.4. The maximum Gasteiger partial charge on any atom is 0.248 e. The van der Waals surface area contributed by atoms with Crippen LogP contribution in [0.2, 0.25) is 0 Å². The Kier molecular flexibility index (Phi) is 4.39. The van der Waals surface area contributed by atoms with E-state index in [1.165, 1.54) is 19.3 Å². The number of ether oxygens (including phenoxy) is 1. The molecule has 0 aliphatic rings. The minimum Gasteiger partial charge on any atom is -0.504 e. The third-order valence-electron chi connectivity index (χ3n) is 2.67. The fourth-order valence-corrected chi connectivity index (χ4v) is 1.68. The number of hydrogen-bond donors (Lipinski definition) is 2. The molecule has 2 N–H and O–H groups in total. The van der Waals surface area contributed by atoms with E-state index in [4.69, 9.17) is 4.74 Å². The molecule has 0 saturated carbocycles. The van der Waals surface area contributed by atoms with Gasteiger partial charge in [0, 0.05) is 11.8 Å². The van der Waals surface area contributed by atoms with Crippen LogP contribution in [0.15, 0.2) is 54.6 Å². The van der Waals surface area contributed by atoms with E-state index >= 15 is 0 Å². The van der Waals surface area contributed by atoms with Crippen LogP contribution in [0.4, 0.5) is 5.69 Å². The summed E-state index contributed by atoms with van der Waals surface area (Å²) in [5, 5.41) is 12.2. The Hall–Kier alpha value is -2.75. The number of benzene rings is 2. The van der Waals surface area contributed by atoms with Crippen molar-refractivity contribution in [2.75, 3.05) is 12.4 Å². The molecular formula is C16H15NO3. The second-order valence-electron chi connectivity index (χ2n) is 4.12. The van der Waals surface area contributed by atoms with Crippen molar-refractivity contribution in [3.63, 3.8) is 0 Å². The summed E-state index contributed by atoms with van der Waals surface area (Å²) in [6, 6.07) is 14.1. The monoisotopic (exact) mass is 269 g/mol. The molecule has 0 aliphatic carbocycles. The van der Waals surface area contributed by atoms with Gasteiger partial charge in [-0.3, -0.25) is 4.79 Å². The van der Waals surface area contributed by atoms with Gasteiger partial charge in [0.2, 0.25) is 5.91 Å². The Labute approximate surface area is 117 Å². The number of anilines is 1. The fourth-order valence-electron chi connectivity index (χ4n) is 1.68. The van der Waals surface area contributed by atoms with Gasteiger partial charge in [-0.1, -0.05) is 24.3 Å². The van der Waals surface area contributed by atoms with E-state index in [9.17, 15) is 9.90 Å². The van der Waals surface area contributed by atoms with Crippen LogP contribution in [0.1, 0.15) is 5.56 Å². The van der Waals surface area contributed by atoms with Gasteiger partial charge in [-0.2, -0.15) is 0 Å². The summed E-state index contributed by atoms with van der Waals surface area (Å²) in [4.78, 5) is 11.7. The highest BCUT2D eigenvalue weighted by Gasteiger charge is 2.01. The quantitative estimate of drug-likeness (QED) is 0.839. The summed E-state index contributed by atoms with van der Waals surface area (Å²) in [5.41, 5.74) is 1.51. The zero-order valence-corrected chi connectivity index (χ0v) is 11.0. The van der Waals surface area contributed by atoms with Gasteiger partial charge in [0.1, 0.15) is 0 Å². The Morgan fingerprint density at radius 2 is 1.95 bits per heavy atom. The summed E-state index contributed by atoms with van der Waals surface area (Å²) in [6.07, 6.45) is 3.08. The minimum atomic E-state index is -0.219. The van der Waals surface area contributed by atoms with E-state index in [0.717, 1.165) is 11.3 Å². The summed E-state index contributed by atoms with van der Waals surface area (Å²) >= 11 is 0. The highest BCUT2D eigenvalue weighted by atomic mass is 16.5. The van der Waals surface area contributed by atoms with Crippen LogP contribution in [-0.2, 0) is 4.79 Å². The molecule has 20 heavy (non-hydrogen) atoms. The topological polar surface area (TPSA) is 58.6 Å². The lowest BCUT2D eigenvalue weighted by Crippen LogP contribution is -2.07. The minimum absolute atomic E-state index is 0.0680. The first-order valence-corrected chi connectivity index (χ1v) is 6.10. The van der Waals surface area contributed by atoms with Crippen molar-refractivity contribution >= 4 is 17.7 Å². The van der Waals surface area contributed by atoms with Crippen molar-refractivity contribution in [2.45, 2.75) is 0 Å². The van der Waals surface area contributed by atoms with Crippen LogP contribution in [0.5, 0.6) is 11.5 Å². The molecule has 0 unspecified atom stereocenters. The molecule has 0 bridgehead atoms. The fraction of sp³-hybridized carbons (Fsp3) is 0.0625. The number of phenolic OH excluding ortho intramolecular Hbond substituents is 1. The van der Waals surface area contributed by atoms with Gasteiger partial charge in [0.15, 0.2) is 11.5 Å². The summed E-state index contributed by atoms with van der Waals surface area (Å²) in [5.74, 6) is 0.220. The van der Waals surface area contributed by atoms with Crippen molar-refractivity contribution in [1.82, 2.24) is 0 Å². The van der Waals surface area contributed by atoms with Crippen LogP contribution in [0.25, 0.3) is 6.08 Å². The predicted molar refractivity (Wildman–Crippen MR) is 78.8 cm³/mol. The number of phenols is 1. The first-order chi connectivity index (χ1) is 9.69. The zero-order valence-electron chi connectivity index (χ0n) is 11.0. The SMILES string of the molecule is COc1cc(/C=C/C(=O)Nc2ccccc2)ccc1O. The second-order valence-corrected chi connectivity index (χ2v) is 4.12. The average molecular weight is 269 g/mol. The third kappa shape index (κ3) is 3.62. The number of carbonyl (C=O) groups excluding carboxylic acids is 1. The molecule has 2 aromatic rings. The van der Waals surface area contributed by atoms with Crippen molar-refractivity contribution in [1.29, 1.82) is 0 Å². The number of nitrogens with one attached hydrogen (secondary N) is 1. The van der Waals surface area contributed by atoms with E-state index in [0.29, 0.717) is 5.75 Å². The maximum absolute atomic E-state index is 11.7. The number of amides is 1. The highest BCUT2D eigenvalue weighted by molar-refractivity contribution is 6.01. The average Bonchev–Trinajstić information content (AvgIpc) is 2.47. The molecule has 0 fully saturated rings. The third-order valence-corrected chi connectivity index (χ3v) is 2.67. The van der Waals surface area contributed by atoms with Gasteiger partial charge >= 0.3 is 0 Å². The van der Waals surface area contributed by atoms with Crippen LogP contribution in [0, 0.1) is 0 Å². The second kappa shape index (κ2) is 6.43. The lowest BCUT2D eigenvalue weighted by molar-refractivity contribution is -0.111. The number of carbonyl (C=O) groups is 1. The molecule has 0 atom stereocenters. The molecule has 0 saturated heterocycles. The van der Waals surface area contributed by atoms with Crippen LogP contribution >= 0.6 is 0 Å². The molecule has 2 aromatic carbocycles. The summed E-state index contributed by atoms with van der Waals surface area (Å²) in [6.45, 7) is 0. The first kappa shape index (κ1) is 13.7. The standard InChI is InChI=1S/C16H15NO3/c1-20-15-11-12(7-9-14(15)18)8-10-16(19)17-13-5-3-2-4-6-13/h2-11,18H,1H3,(H,17,19)/b10-8+. The predicted octanol–water partition coefficient (Wildman–Crippen LogP) is 3.05. The zero-order chi connectivity index (χ0) is 14.4. The molecule has 4 heteroatoms. The highest BCUT2D eigenvalue weighted by Crippen LogP contribution is 2.26. The van der Waals surface area contributed by atoms with Gasteiger partial charge in [-0.15, -0.1) is 0 Å². The van der Waals surface area contributed by atoms with E-state index < -0.39 is 0 Å². The Balaban J connectivity index is 2.04. The van der Waals surface area contributed by atoms with E-state index in [1.807, 2.05) is 30.3 Å². The summed E-state index contributed by atoms with van der Waals surface area (Å²) < 4.78 is 5.00. The van der Waals surface area contributed by atoms with Crippen molar-refractivity contribution in [2.24, 2.45) is 0 Å². The lowest BCUT2D eigenvalue weighted by atomic mass is 10.2. The Bertz CT molecular complexity index is 621. The van der Waals surface area contributed by atoms with Crippen LogP contribution in [-0.4, -0.2) is 18.1 Å². The molecule has 2 rings (SSSR count). The largest absolute Gasteiger partial charge is 0.504 e. The van der Waals surface area contributed by atoms with Crippen molar-refractivity contribution < 1.29 is 14.6 Å². The Morgan fingerprint density at radius 3 is 2.65 bits per heavy atom. The number of hydrogen-bond acceptors (Lipinski definition) is 3. The van der Waals surface area contributed by atoms with E-state index in [2.05, 4.69) is 5.32 Å². The molecule has 0 heterocycles. The number of methoxy groups -OCH3 is 1. The number of rotatable bonds is 4. The van der Waals surface area contributed by atoms with Crippen LogP contribution in [0.3, 0.4) is 0 Å². The number of para-hydroxylation sites is 1. The maximum atomic E-state index is 11.7. The molecule has 1 amide bonds. The van der Waals surface area contributed by atoms with Gasteiger partial charge < -0.3 is 15.2 Å². The lowest BCUT2D eigenvalue weighted by Gasteiger charge is -2.04. The van der Waals surface area contributed by atoms with Gasteiger partial charge in [0.05, 0.1) is 7.11 Å². The van der Waals surface area contributed by atoms with E-state index in [1.54, 1.807) is 18.2 Å².